The third-order valence-corrected chi connectivity index (χ3v) is 11.5. The molecule has 184 valence electrons. The van der Waals surface area contributed by atoms with Gasteiger partial charge >= 0.3 is 5.97 Å². The summed E-state index contributed by atoms with van der Waals surface area (Å²) in [5.41, 5.74) is 1.19. The van der Waals surface area contributed by atoms with E-state index in [-0.39, 0.29) is 59.0 Å². The van der Waals surface area contributed by atoms with Crippen molar-refractivity contribution in [1.82, 2.24) is 9.88 Å². The van der Waals surface area contributed by atoms with Crippen LogP contribution in [0.15, 0.2) is 29.3 Å². The second-order valence-corrected chi connectivity index (χ2v) is 13.4. The Kier molecular flexibility index (Phi) is 6.10. The number of fused-ring (bicyclic) bond motifs is 9. The van der Waals surface area contributed by atoms with Gasteiger partial charge < -0.3 is 10.1 Å². The zero-order valence-electron chi connectivity index (χ0n) is 18.8. The molecule has 6 rings (SSSR count). The highest BCUT2D eigenvalue weighted by Gasteiger charge is 2.69. The molecule has 35 heavy (non-hydrogen) atoms. The molecule has 3 heterocycles. The molecule has 2 N–H and O–H groups in total. The predicted octanol–water partition coefficient (Wildman–Crippen LogP) is 5.58. The van der Waals surface area contributed by atoms with Crippen LogP contribution in [0, 0.1) is 33.5 Å². The summed E-state index contributed by atoms with van der Waals surface area (Å²) < 4.78 is 0.759. The Bertz CT molecular complexity index is 1260. The molecular weight excluding hydrogens is 524 g/mol. The van der Waals surface area contributed by atoms with Crippen molar-refractivity contribution >= 4 is 64.7 Å². The van der Waals surface area contributed by atoms with Crippen LogP contribution in [0.4, 0.5) is 0 Å². The van der Waals surface area contributed by atoms with E-state index in [0.29, 0.717) is 30.8 Å². The summed E-state index contributed by atoms with van der Waals surface area (Å²) >= 11 is 15.1. The molecule has 1 aromatic heterocycles. The van der Waals surface area contributed by atoms with E-state index in [1.54, 1.807) is 11.3 Å². The molecule has 1 saturated heterocycles. The molecule has 0 spiro atoms. The Morgan fingerprint density at radius 2 is 1.83 bits per heavy atom. The van der Waals surface area contributed by atoms with Gasteiger partial charge in [0, 0.05) is 34.0 Å². The molecule has 3 fully saturated rings. The van der Waals surface area contributed by atoms with E-state index in [4.69, 9.17) is 28.9 Å². The van der Waals surface area contributed by atoms with Gasteiger partial charge in [0.2, 0.25) is 11.8 Å². The molecule has 7 atom stereocenters. The minimum absolute atomic E-state index is 0.0168. The van der Waals surface area contributed by atoms with E-state index in [9.17, 15) is 14.4 Å². The monoisotopic (exact) mass is 548 g/mol. The standard InChI is InChI=1S/C25H25ClN2O4S3/c26-12-7-5-11(6-8-12)16-17-13-10-14(20(17)34-22-21(16)35-25(33)27-22)19-18(13)23(31)28(24(19)32)9-3-1-2-4-15(29)30/h5-8,13-14,16-20H,1-4,9-10H2,(H,27,33)(H,29,30). The van der Waals surface area contributed by atoms with E-state index in [0.717, 1.165) is 15.4 Å². The summed E-state index contributed by atoms with van der Waals surface area (Å²) in [4.78, 5) is 43.8. The highest BCUT2D eigenvalue weighted by molar-refractivity contribution is 8.00. The van der Waals surface area contributed by atoms with Gasteiger partial charge in [-0.25, -0.2) is 0 Å². The van der Waals surface area contributed by atoms with E-state index < -0.39 is 5.97 Å². The van der Waals surface area contributed by atoms with Gasteiger partial charge in [0.15, 0.2) is 3.95 Å². The summed E-state index contributed by atoms with van der Waals surface area (Å²) in [5, 5.41) is 10.9. The van der Waals surface area contributed by atoms with Crippen LogP contribution in [0.2, 0.25) is 5.02 Å². The SMILES string of the molecule is O=C(O)CCCCCN1C(=O)C2C3CC(C2C1=O)C1C(c2ccc(Cl)cc2)c2sc(=S)[nH]c2SC31. The van der Waals surface area contributed by atoms with Gasteiger partial charge in [-0.3, -0.25) is 19.3 Å². The Morgan fingerprint density at radius 1 is 1.11 bits per heavy atom. The van der Waals surface area contributed by atoms with Crippen LogP contribution in [0.3, 0.4) is 0 Å². The molecule has 2 amide bonds. The molecule has 2 aliphatic heterocycles. The topological polar surface area (TPSA) is 90.5 Å². The van der Waals surface area contributed by atoms with Crippen molar-refractivity contribution < 1.29 is 19.5 Å². The van der Waals surface area contributed by atoms with Crippen molar-refractivity contribution in [2.24, 2.45) is 29.6 Å². The molecule has 6 nitrogen and oxygen atoms in total. The number of carbonyl (C=O) groups is 3. The van der Waals surface area contributed by atoms with Crippen LogP contribution in [-0.4, -0.2) is 44.6 Å². The van der Waals surface area contributed by atoms with E-state index in [2.05, 4.69) is 17.1 Å². The molecule has 10 heteroatoms. The fraction of sp³-hybridized carbons (Fsp3) is 0.520. The maximum atomic E-state index is 13.5. The van der Waals surface area contributed by atoms with Gasteiger partial charge in [-0.2, -0.15) is 0 Å². The summed E-state index contributed by atoms with van der Waals surface area (Å²) in [6.07, 6.45) is 2.96. The van der Waals surface area contributed by atoms with Crippen molar-refractivity contribution in [2.75, 3.05) is 6.54 Å². The molecule has 4 aliphatic rings. The fourth-order valence-corrected chi connectivity index (χ4v) is 10.5. The van der Waals surface area contributed by atoms with Crippen LogP contribution in [0.1, 0.15) is 48.5 Å². The number of thioether (sulfide) groups is 1. The second kappa shape index (κ2) is 9.01. The predicted molar refractivity (Wildman–Crippen MR) is 137 cm³/mol. The fourth-order valence-electron chi connectivity index (χ4n) is 7.07. The summed E-state index contributed by atoms with van der Waals surface area (Å²) in [5.74, 6) is -0.559. The van der Waals surface area contributed by atoms with Crippen molar-refractivity contribution in [1.29, 1.82) is 0 Å². The number of halogens is 1. The minimum Gasteiger partial charge on any atom is -0.481 e. The van der Waals surface area contributed by atoms with E-state index >= 15 is 0 Å². The summed E-state index contributed by atoms with van der Waals surface area (Å²) in [6, 6.07) is 8.01. The maximum absolute atomic E-state index is 13.5. The van der Waals surface area contributed by atoms with Crippen molar-refractivity contribution in [3.8, 4) is 0 Å². The molecule has 7 unspecified atom stereocenters. The van der Waals surface area contributed by atoms with Crippen LogP contribution >= 0.6 is 46.9 Å². The normalized spacial score (nSPS) is 32.6. The number of unbranched alkanes of at least 4 members (excludes halogenated alkanes) is 2. The minimum atomic E-state index is -0.811. The number of amides is 2. The van der Waals surface area contributed by atoms with E-state index in [1.807, 2.05) is 23.9 Å². The largest absolute Gasteiger partial charge is 0.481 e. The first kappa shape index (κ1) is 23.7. The number of H-pyrrole nitrogens is 1. The Morgan fingerprint density at radius 3 is 2.54 bits per heavy atom. The number of aliphatic carboxylic acids is 1. The first-order valence-electron chi connectivity index (χ1n) is 12.1. The Balaban J connectivity index is 1.28. The average molecular weight is 549 g/mol. The molecule has 2 bridgehead atoms. The first-order chi connectivity index (χ1) is 16.8. The number of nitrogens with one attached hydrogen (secondary N) is 1. The molecule has 0 radical (unpaired) electrons. The lowest BCUT2D eigenvalue weighted by Crippen LogP contribution is -2.42. The van der Waals surface area contributed by atoms with Gasteiger partial charge in [-0.15, -0.1) is 23.1 Å². The van der Waals surface area contributed by atoms with Crippen LogP contribution in [0.5, 0.6) is 0 Å². The highest BCUT2D eigenvalue weighted by atomic mass is 35.5. The quantitative estimate of drug-likeness (QED) is 0.267. The van der Waals surface area contributed by atoms with E-state index in [1.165, 1.54) is 15.3 Å². The zero-order valence-corrected chi connectivity index (χ0v) is 22.0. The lowest BCUT2D eigenvalue weighted by Gasteiger charge is -2.43. The third kappa shape index (κ3) is 3.81. The number of aromatic amines is 1. The average Bonchev–Trinajstić information content (AvgIpc) is 3.54. The number of hydrogen-bond acceptors (Lipinski definition) is 6. The van der Waals surface area contributed by atoms with Crippen molar-refractivity contribution in [3.63, 3.8) is 0 Å². The third-order valence-electron chi connectivity index (χ3n) is 8.32. The van der Waals surface area contributed by atoms with Crippen molar-refractivity contribution in [3.05, 3.63) is 43.7 Å². The smallest absolute Gasteiger partial charge is 0.303 e. The number of nitrogens with zero attached hydrogens (tertiary/aromatic N) is 1. The molecule has 2 saturated carbocycles. The molecule has 2 aliphatic carbocycles. The maximum Gasteiger partial charge on any atom is 0.303 e. The lowest BCUT2D eigenvalue weighted by molar-refractivity contribution is -0.141. The lowest BCUT2D eigenvalue weighted by atomic mass is 9.68. The second-order valence-electron chi connectivity index (χ2n) is 10.0. The molecule has 2 aromatic rings. The van der Waals surface area contributed by atoms with Gasteiger partial charge in [0.25, 0.3) is 0 Å². The number of thiazole rings is 1. The van der Waals surface area contributed by atoms with Crippen molar-refractivity contribution in [2.45, 2.75) is 48.3 Å². The van der Waals surface area contributed by atoms with Crippen LogP contribution < -0.4 is 0 Å². The number of carbonyl (C=O) groups excluding carboxylic acids is 2. The molecule has 1 aromatic carbocycles. The zero-order chi connectivity index (χ0) is 24.4. The highest BCUT2D eigenvalue weighted by Crippen LogP contribution is 2.68. The number of carboxylic acid groups (broad SMARTS) is 1. The van der Waals surface area contributed by atoms with Crippen LogP contribution in [0.25, 0.3) is 0 Å². The number of aromatic nitrogens is 1. The Hall–Kier alpha value is -1.68. The van der Waals surface area contributed by atoms with Crippen LogP contribution in [-0.2, 0) is 14.4 Å². The first-order valence-corrected chi connectivity index (χ1v) is 14.6. The number of carboxylic acids is 1. The number of likely N-dealkylation sites (tertiary alicyclic amines) is 1. The van der Waals surface area contributed by atoms with Gasteiger partial charge in [0.05, 0.1) is 16.9 Å². The van der Waals surface area contributed by atoms with Gasteiger partial charge in [-0.1, -0.05) is 30.2 Å². The Labute approximate surface area is 221 Å². The number of rotatable bonds is 7. The van der Waals surface area contributed by atoms with Gasteiger partial charge in [-0.05, 0) is 66.9 Å². The molecular formula is C25H25ClN2O4S3. The van der Waals surface area contributed by atoms with Gasteiger partial charge in [0.1, 0.15) is 0 Å². The summed E-state index contributed by atoms with van der Waals surface area (Å²) in [7, 11) is 0. The number of benzene rings is 1. The number of imide groups is 1. The number of hydrogen-bond donors (Lipinski definition) is 2. The summed E-state index contributed by atoms with van der Waals surface area (Å²) in [6.45, 7) is 0.396.